The zero-order valence-corrected chi connectivity index (χ0v) is 16.9. The van der Waals surface area contributed by atoms with E-state index >= 15 is 0 Å². The van der Waals surface area contributed by atoms with Crippen LogP contribution in [-0.4, -0.2) is 26.8 Å². The Morgan fingerprint density at radius 3 is 2.76 bits per heavy atom. The number of aromatic nitrogens is 3. The highest BCUT2D eigenvalue weighted by molar-refractivity contribution is 7.99. The Labute approximate surface area is 174 Å². The largest absolute Gasteiger partial charge is 0.411 e. The molecule has 2 heterocycles. The topological polar surface area (TPSA) is 80.9 Å². The lowest BCUT2D eigenvalue weighted by Gasteiger charge is -2.05. The third kappa shape index (κ3) is 4.87. The van der Waals surface area contributed by atoms with Crippen molar-refractivity contribution in [2.45, 2.75) is 12.1 Å². The maximum absolute atomic E-state index is 13.0. The van der Waals surface area contributed by atoms with E-state index in [0.29, 0.717) is 11.3 Å². The van der Waals surface area contributed by atoms with Gasteiger partial charge in [0.05, 0.1) is 16.5 Å². The molecule has 0 aliphatic heterocycles. The molecule has 0 radical (unpaired) electrons. The molecule has 2 aromatic heterocycles. The number of rotatable bonds is 6. The molecule has 2 aromatic carbocycles. The van der Waals surface area contributed by atoms with E-state index in [1.54, 1.807) is 23.5 Å². The molecule has 146 valence electrons. The molecule has 1 amide bonds. The molecule has 4 rings (SSSR count). The van der Waals surface area contributed by atoms with Crippen LogP contribution in [0.15, 0.2) is 63.6 Å². The molecule has 0 bridgehead atoms. The van der Waals surface area contributed by atoms with Gasteiger partial charge in [0, 0.05) is 22.2 Å². The number of benzene rings is 2. The van der Waals surface area contributed by atoms with Crippen LogP contribution in [0, 0.1) is 12.7 Å². The van der Waals surface area contributed by atoms with Crippen LogP contribution in [0.3, 0.4) is 0 Å². The molecule has 9 heteroatoms. The summed E-state index contributed by atoms with van der Waals surface area (Å²) in [6.07, 6.45) is 0. The summed E-state index contributed by atoms with van der Waals surface area (Å²) in [6, 6.07) is 13.3. The Morgan fingerprint density at radius 1 is 1.17 bits per heavy atom. The van der Waals surface area contributed by atoms with Crippen molar-refractivity contribution in [3.05, 3.63) is 64.7 Å². The van der Waals surface area contributed by atoms with Crippen molar-refractivity contribution in [3.63, 3.8) is 0 Å². The van der Waals surface area contributed by atoms with Crippen molar-refractivity contribution in [1.82, 2.24) is 15.2 Å². The van der Waals surface area contributed by atoms with Crippen LogP contribution < -0.4 is 5.32 Å². The van der Waals surface area contributed by atoms with Gasteiger partial charge in [-0.25, -0.2) is 9.37 Å². The lowest BCUT2D eigenvalue weighted by atomic mass is 10.1. The molecule has 0 spiro atoms. The number of thiazole rings is 1. The Bertz CT molecular complexity index is 1140. The highest BCUT2D eigenvalue weighted by Gasteiger charge is 2.12. The van der Waals surface area contributed by atoms with Gasteiger partial charge >= 0.3 is 0 Å². The molecule has 4 aromatic rings. The predicted octanol–water partition coefficient (Wildman–Crippen LogP) is 5.04. The predicted molar refractivity (Wildman–Crippen MR) is 111 cm³/mol. The first-order valence-electron chi connectivity index (χ1n) is 8.61. The Hall–Kier alpha value is -3.04. The average Bonchev–Trinajstić information content (AvgIpc) is 3.36. The number of carbonyl (C=O) groups is 1. The summed E-state index contributed by atoms with van der Waals surface area (Å²) in [5.41, 5.74) is 3.14. The molecular weight excluding hydrogens is 411 g/mol. The van der Waals surface area contributed by atoms with Crippen molar-refractivity contribution >= 4 is 34.7 Å². The van der Waals surface area contributed by atoms with E-state index in [1.165, 1.54) is 12.1 Å². The first kappa shape index (κ1) is 19.3. The first-order valence-corrected chi connectivity index (χ1v) is 10.5. The zero-order valence-electron chi connectivity index (χ0n) is 15.3. The molecule has 0 aliphatic carbocycles. The third-order valence-electron chi connectivity index (χ3n) is 3.89. The van der Waals surface area contributed by atoms with Crippen LogP contribution in [-0.2, 0) is 4.79 Å². The number of halogens is 1. The van der Waals surface area contributed by atoms with E-state index in [9.17, 15) is 9.18 Å². The molecule has 0 atom stereocenters. The maximum Gasteiger partial charge on any atom is 0.277 e. The normalized spacial score (nSPS) is 10.8. The summed E-state index contributed by atoms with van der Waals surface area (Å²) < 4.78 is 18.5. The number of hydrogen-bond donors (Lipinski definition) is 1. The second-order valence-corrected chi connectivity index (χ2v) is 8.04. The smallest absolute Gasteiger partial charge is 0.277 e. The van der Waals surface area contributed by atoms with Crippen molar-refractivity contribution in [3.8, 4) is 22.7 Å². The number of nitrogens with one attached hydrogen (secondary N) is 1. The van der Waals surface area contributed by atoms with E-state index in [1.807, 2.05) is 36.6 Å². The fourth-order valence-electron chi connectivity index (χ4n) is 2.55. The second kappa shape index (κ2) is 8.54. The SMILES string of the molecule is Cc1nc(-c2cccc(NC(=O)CSc3nnc(-c4ccc(F)cc4)o3)c2)cs1. The highest BCUT2D eigenvalue weighted by Crippen LogP contribution is 2.25. The van der Waals surface area contributed by atoms with Crippen LogP contribution >= 0.6 is 23.1 Å². The number of carbonyl (C=O) groups excluding carboxylic acids is 1. The summed E-state index contributed by atoms with van der Waals surface area (Å²) in [5, 5.41) is 13.9. The van der Waals surface area contributed by atoms with Gasteiger partial charge in [-0.2, -0.15) is 0 Å². The molecule has 29 heavy (non-hydrogen) atoms. The lowest BCUT2D eigenvalue weighted by molar-refractivity contribution is -0.113. The van der Waals surface area contributed by atoms with E-state index in [4.69, 9.17) is 4.42 Å². The van der Waals surface area contributed by atoms with E-state index in [-0.39, 0.29) is 28.6 Å². The monoisotopic (exact) mass is 426 g/mol. The summed E-state index contributed by atoms with van der Waals surface area (Å²) in [5.74, 6) is -0.138. The molecule has 0 aliphatic rings. The summed E-state index contributed by atoms with van der Waals surface area (Å²) in [6.45, 7) is 1.95. The van der Waals surface area contributed by atoms with Crippen LogP contribution in [0.4, 0.5) is 10.1 Å². The molecular formula is C20H15FN4O2S2. The lowest BCUT2D eigenvalue weighted by Crippen LogP contribution is -2.14. The minimum Gasteiger partial charge on any atom is -0.411 e. The van der Waals surface area contributed by atoms with Crippen molar-refractivity contribution < 1.29 is 13.6 Å². The van der Waals surface area contributed by atoms with Gasteiger partial charge in [-0.05, 0) is 43.3 Å². The van der Waals surface area contributed by atoms with E-state index < -0.39 is 0 Å². The fraction of sp³-hybridized carbons (Fsp3) is 0.100. The van der Waals surface area contributed by atoms with E-state index in [0.717, 1.165) is 28.0 Å². The molecule has 0 saturated heterocycles. The summed E-state index contributed by atoms with van der Waals surface area (Å²) in [4.78, 5) is 16.7. The summed E-state index contributed by atoms with van der Waals surface area (Å²) >= 11 is 2.72. The molecule has 1 N–H and O–H groups in total. The summed E-state index contributed by atoms with van der Waals surface area (Å²) in [7, 11) is 0. The van der Waals surface area contributed by atoms with Gasteiger partial charge in [0.2, 0.25) is 11.8 Å². The van der Waals surface area contributed by atoms with Crippen molar-refractivity contribution in [1.29, 1.82) is 0 Å². The Morgan fingerprint density at radius 2 is 2.00 bits per heavy atom. The van der Waals surface area contributed by atoms with Gasteiger partial charge in [0.1, 0.15) is 5.82 Å². The number of nitrogens with zero attached hydrogens (tertiary/aromatic N) is 3. The standard InChI is InChI=1S/C20H15FN4O2S2/c1-12-22-17(10-28-12)14-3-2-4-16(9-14)23-18(26)11-29-20-25-24-19(27-20)13-5-7-15(21)8-6-13/h2-10H,11H2,1H3,(H,23,26). The quantitative estimate of drug-likeness (QED) is 0.435. The van der Waals surface area contributed by atoms with Gasteiger partial charge in [-0.3, -0.25) is 4.79 Å². The average molecular weight is 426 g/mol. The Balaban J connectivity index is 1.35. The highest BCUT2D eigenvalue weighted by atomic mass is 32.2. The van der Waals surface area contributed by atoms with Gasteiger partial charge < -0.3 is 9.73 Å². The fourth-order valence-corrected chi connectivity index (χ4v) is 3.74. The molecule has 0 fully saturated rings. The number of thioether (sulfide) groups is 1. The van der Waals surface area contributed by atoms with E-state index in [2.05, 4.69) is 20.5 Å². The minimum atomic E-state index is -0.339. The van der Waals surface area contributed by atoms with Crippen LogP contribution in [0.2, 0.25) is 0 Å². The molecule has 6 nitrogen and oxygen atoms in total. The van der Waals surface area contributed by atoms with Crippen molar-refractivity contribution in [2.24, 2.45) is 0 Å². The number of anilines is 1. The van der Waals surface area contributed by atoms with Gasteiger partial charge in [0.15, 0.2) is 0 Å². The first-order chi connectivity index (χ1) is 14.1. The van der Waals surface area contributed by atoms with Gasteiger partial charge in [-0.1, -0.05) is 23.9 Å². The van der Waals surface area contributed by atoms with Gasteiger partial charge in [-0.15, -0.1) is 21.5 Å². The van der Waals surface area contributed by atoms with Crippen LogP contribution in [0.5, 0.6) is 0 Å². The van der Waals surface area contributed by atoms with Gasteiger partial charge in [0.25, 0.3) is 5.22 Å². The van der Waals surface area contributed by atoms with Crippen LogP contribution in [0.25, 0.3) is 22.7 Å². The third-order valence-corrected chi connectivity index (χ3v) is 5.48. The molecule has 0 saturated carbocycles. The number of aryl methyl sites for hydroxylation is 1. The number of hydrogen-bond acceptors (Lipinski definition) is 7. The Kier molecular flexibility index (Phi) is 5.68. The van der Waals surface area contributed by atoms with Crippen molar-refractivity contribution in [2.75, 3.05) is 11.1 Å². The zero-order chi connectivity index (χ0) is 20.2. The second-order valence-electron chi connectivity index (χ2n) is 6.05. The van der Waals surface area contributed by atoms with Crippen LogP contribution in [0.1, 0.15) is 5.01 Å². The number of amides is 1. The molecule has 0 unspecified atom stereocenters. The minimum absolute atomic E-state index is 0.116. The maximum atomic E-state index is 13.0.